The number of aliphatic hydroxyl groups excluding tert-OH is 1. The molecular formula is C20H24N2O2. The molecule has 0 fully saturated rings. The van der Waals surface area contributed by atoms with Crippen molar-refractivity contribution in [3.8, 4) is 5.69 Å². The summed E-state index contributed by atoms with van der Waals surface area (Å²) in [6.07, 6.45) is 4.71. The number of carbonyl (C=O) groups is 1. The van der Waals surface area contributed by atoms with Crippen LogP contribution in [0.15, 0.2) is 42.5 Å². The Morgan fingerprint density at radius 3 is 2.67 bits per heavy atom. The summed E-state index contributed by atoms with van der Waals surface area (Å²) in [5, 5.41) is 12.3. The molecule has 1 aromatic heterocycles. The monoisotopic (exact) mass is 324 g/mol. The number of hydrogen-bond donors (Lipinski definition) is 2. The van der Waals surface area contributed by atoms with Crippen LogP contribution >= 0.6 is 0 Å². The van der Waals surface area contributed by atoms with E-state index in [2.05, 4.69) is 28.9 Å². The Labute approximate surface area is 142 Å². The second kappa shape index (κ2) is 6.65. The highest BCUT2D eigenvalue weighted by molar-refractivity contribution is 5.96. The number of hydrogen-bond acceptors (Lipinski definition) is 2. The van der Waals surface area contributed by atoms with Gasteiger partial charge in [-0.15, -0.1) is 0 Å². The van der Waals surface area contributed by atoms with Crippen molar-refractivity contribution < 1.29 is 9.90 Å². The Hall–Kier alpha value is -2.33. The van der Waals surface area contributed by atoms with E-state index in [4.69, 9.17) is 0 Å². The number of aliphatic hydroxyl groups is 1. The average Bonchev–Trinajstić information content (AvgIpc) is 3.13. The van der Waals surface area contributed by atoms with Gasteiger partial charge in [-0.1, -0.05) is 30.4 Å². The third-order valence-corrected chi connectivity index (χ3v) is 4.76. The van der Waals surface area contributed by atoms with Gasteiger partial charge in [0, 0.05) is 35.6 Å². The summed E-state index contributed by atoms with van der Waals surface area (Å²) in [6.45, 7) is 6.21. The first-order valence-corrected chi connectivity index (χ1v) is 8.36. The normalized spacial score (nSPS) is 19.7. The van der Waals surface area contributed by atoms with Crippen molar-refractivity contribution >= 4 is 5.91 Å². The van der Waals surface area contributed by atoms with E-state index in [0.717, 1.165) is 23.5 Å². The topological polar surface area (TPSA) is 54.3 Å². The average molecular weight is 324 g/mol. The lowest BCUT2D eigenvalue weighted by atomic mass is 10.1. The van der Waals surface area contributed by atoms with Crippen LogP contribution in [0.25, 0.3) is 5.69 Å². The zero-order valence-electron chi connectivity index (χ0n) is 14.4. The molecule has 1 aromatic carbocycles. The minimum atomic E-state index is -0.0591. The third kappa shape index (κ3) is 3.02. The zero-order valence-corrected chi connectivity index (χ0v) is 14.4. The first kappa shape index (κ1) is 16.5. The molecule has 2 aromatic rings. The molecule has 4 nitrogen and oxygen atoms in total. The van der Waals surface area contributed by atoms with Gasteiger partial charge in [0.05, 0.1) is 5.56 Å². The van der Waals surface area contributed by atoms with Crippen molar-refractivity contribution in [3.05, 3.63) is 65.0 Å². The number of benzene rings is 1. The molecule has 0 spiro atoms. The highest BCUT2D eigenvalue weighted by atomic mass is 16.3. The number of amides is 1. The number of nitrogens with one attached hydrogen (secondary N) is 1. The van der Waals surface area contributed by atoms with Crippen molar-refractivity contribution in [2.75, 3.05) is 6.61 Å². The number of nitrogens with zero attached hydrogens (tertiary/aromatic N) is 1. The van der Waals surface area contributed by atoms with E-state index in [-0.39, 0.29) is 24.5 Å². The summed E-state index contributed by atoms with van der Waals surface area (Å²) in [7, 11) is 0. The smallest absolute Gasteiger partial charge is 0.253 e. The minimum absolute atomic E-state index is 0.00355. The van der Waals surface area contributed by atoms with Crippen molar-refractivity contribution in [2.24, 2.45) is 5.92 Å². The lowest BCUT2D eigenvalue weighted by molar-refractivity contribution is 0.0940. The molecule has 2 atom stereocenters. The van der Waals surface area contributed by atoms with E-state index < -0.39 is 0 Å². The van der Waals surface area contributed by atoms with Gasteiger partial charge in [0.2, 0.25) is 0 Å². The van der Waals surface area contributed by atoms with Gasteiger partial charge in [-0.3, -0.25) is 4.79 Å². The zero-order chi connectivity index (χ0) is 17.3. The van der Waals surface area contributed by atoms with Crippen molar-refractivity contribution in [2.45, 2.75) is 33.2 Å². The minimum Gasteiger partial charge on any atom is -0.396 e. The van der Waals surface area contributed by atoms with Crippen molar-refractivity contribution in [1.82, 2.24) is 9.88 Å². The van der Waals surface area contributed by atoms with E-state index in [1.807, 2.05) is 44.2 Å². The Kier molecular flexibility index (Phi) is 4.58. The Balaban J connectivity index is 1.85. The maximum Gasteiger partial charge on any atom is 0.253 e. The van der Waals surface area contributed by atoms with Gasteiger partial charge in [-0.25, -0.2) is 0 Å². The van der Waals surface area contributed by atoms with E-state index in [0.29, 0.717) is 5.56 Å². The maximum absolute atomic E-state index is 12.7. The van der Waals surface area contributed by atoms with Crippen LogP contribution in [0.2, 0.25) is 0 Å². The quantitative estimate of drug-likeness (QED) is 0.849. The van der Waals surface area contributed by atoms with Crippen LogP contribution < -0.4 is 5.32 Å². The summed E-state index contributed by atoms with van der Waals surface area (Å²) < 4.78 is 2.13. The fourth-order valence-corrected chi connectivity index (χ4v) is 3.44. The lowest BCUT2D eigenvalue weighted by Gasteiger charge is -2.14. The third-order valence-electron chi connectivity index (χ3n) is 4.76. The van der Waals surface area contributed by atoms with Crippen LogP contribution in [0.4, 0.5) is 0 Å². The molecule has 0 aliphatic heterocycles. The molecule has 4 heteroatoms. The van der Waals surface area contributed by atoms with E-state index >= 15 is 0 Å². The van der Waals surface area contributed by atoms with Gasteiger partial charge in [0.15, 0.2) is 0 Å². The van der Waals surface area contributed by atoms with Crippen LogP contribution in [0.1, 0.15) is 33.7 Å². The first-order chi connectivity index (χ1) is 11.5. The second-order valence-corrected chi connectivity index (χ2v) is 6.55. The molecule has 0 bridgehead atoms. The highest BCUT2D eigenvalue weighted by Crippen LogP contribution is 2.24. The van der Waals surface area contributed by atoms with Gasteiger partial charge in [0.1, 0.15) is 0 Å². The largest absolute Gasteiger partial charge is 0.396 e. The summed E-state index contributed by atoms with van der Waals surface area (Å²) in [5.41, 5.74) is 4.97. The van der Waals surface area contributed by atoms with Crippen LogP contribution in [-0.4, -0.2) is 28.2 Å². The van der Waals surface area contributed by atoms with E-state index in [1.165, 1.54) is 5.56 Å². The number of carbonyl (C=O) groups excluding carboxylic acids is 1. The van der Waals surface area contributed by atoms with Crippen LogP contribution in [0.3, 0.4) is 0 Å². The standard InChI is InChI=1S/C20H24N2O2/c1-13-6-4-5-7-19(13)22-14(2)10-18(15(22)3)20(24)21-17-9-8-16(11-17)12-23/h4-10,16-17,23H,11-12H2,1-3H3,(H,21,24)/t16-,17+/m0/s1. The van der Waals surface area contributed by atoms with Gasteiger partial charge >= 0.3 is 0 Å². The molecule has 0 saturated carbocycles. The SMILES string of the molecule is Cc1ccccc1-n1c(C)cc(C(=O)N[C@@H]2C=C[C@H](CO)C2)c1C. The Morgan fingerprint density at radius 1 is 1.25 bits per heavy atom. The van der Waals surface area contributed by atoms with E-state index in [9.17, 15) is 9.90 Å². The molecule has 1 amide bonds. The first-order valence-electron chi connectivity index (χ1n) is 8.36. The van der Waals surface area contributed by atoms with Gasteiger partial charge in [-0.2, -0.15) is 0 Å². The van der Waals surface area contributed by atoms with Gasteiger partial charge in [0.25, 0.3) is 5.91 Å². The molecule has 24 heavy (non-hydrogen) atoms. The highest BCUT2D eigenvalue weighted by Gasteiger charge is 2.23. The molecule has 0 radical (unpaired) electrons. The summed E-state index contributed by atoms with van der Waals surface area (Å²) in [5.74, 6) is 0.0888. The lowest BCUT2D eigenvalue weighted by Crippen LogP contribution is -2.33. The Morgan fingerprint density at radius 2 is 2.00 bits per heavy atom. The molecular weight excluding hydrogens is 300 g/mol. The number of rotatable bonds is 4. The molecule has 3 rings (SSSR count). The molecule has 1 heterocycles. The van der Waals surface area contributed by atoms with Gasteiger partial charge < -0.3 is 15.0 Å². The summed E-state index contributed by atoms with van der Waals surface area (Å²) in [6, 6.07) is 10.1. The van der Waals surface area contributed by atoms with Crippen LogP contribution in [0, 0.1) is 26.7 Å². The summed E-state index contributed by atoms with van der Waals surface area (Å²) in [4.78, 5) is 12.7. The molecule has 126 valence electrons. The van der Waals surface area contributed by atoms with E-state index in [1.54, 1.807) is 0 Å². The van der Waals surface area contributed by atoms with Crippen LogP contribution in [0.5, 0.6) is 0 Å². The predicted molar refractivity (Wildman–Crippen MR) is 95.6 cm³/mol. The Bertz CT molecular complexity index is 789. The summed E-state index contributed by atoms with van der Waals surface area (Å²) >= 11 is 0. The molecule has 0 unspecified atom stereocenters. The second-order valence-electron chi connectivity index (χ2n) is 6.55. The number of para-hydroxylation sites is 1. The van der Waals surface area contributed by atoms with Gasteiger partial charge in [-0.05, 0) is 44.9 Å². The fourth-order valence-electron chi connectivity index (χ4n) is 3.44. The van der Waals surface area contributed by atoms with Crippen molar-refractivity contribution in [1.29, 1.82) is 0 Å². The predicted octanol–water partition coefficient (Wildman–Crippen LogP) is 3.07. The maximum atomic E-state index is 12.7. The van der Waals surface area contributed by atoms with Crippen molar-refractivity contribution in [3.63, 3.8) is 0 Å². The fraction of sp³-hybridized carbons (Fsp3) is 0.350. The molecule has 2 N–H and O–H groups in total. The van der Waals surface area contributed by atoms with Crippen LogP contribution in [-0.2, 0) is 0 Å². The molecule has 1 aliphatic carbocycles. The molecule has 1 aliphatic rings. The number of aryl methyl sites for hydroxylation is 2. The number of aromatic nitrogens is 1. The molecule has 0 saturated heterocycles.